The number of rotatable bonds is 7. The molecule has 1 aromatic rings. The molecule has 118 valence electrons. The molecule has 1 aromatic carbocycles. The molecule has 0 saturated heterocycles. The first-order valence-electron chi connectivity index (χ1n) is 6.74. The Morgan fingerprint density at radius 3 is 2.48 bits per heavy atom. The van der Waals surface area contributed by atoms with Crippen LogP contribution in [-0.2, 0) is 11.3 Å². The highest BCUT2D eigenvalue weighted by Crippen LogP contribution is 2.30. The van der Waals surface area contributed by atoms with Gasteiger partial charge in [-0.3, -0.25) is 4.79 Å². The number of hydrogen-bond donors (Lipinski definition) is 2. The lowest BCUT2D eigenvalue weighted by atomic mass is 9.90. The Labute approximate surface area is 136 Å². The van der Waals surface area contributed by atoms with Gasteiger partial charge in [0.1, 0.15) is 0 Å². The summed E-state index contributed by atoms with van der Waals surface area (Å²) in [5, 5.41) is 13.5. The number of anilines is 1. The highest BCUT2D eigenvalue weighted by atomic mass is 35.5. The summed E-state index contributed by atoms with van der Waals surface area (Å²) in [7, 11) is 3.86. The van der Waals surface area contributed by atoms with Gasteiger partial charge in [-0.2, -0.15) is 0 Å². The SMILES string of the molecule is CN(C)c1cc(Cl)cc(Cl)c1CNCCC(C)(C)C(=O)O. The van der Waals surface area contributed by atoms with Crippen molar-refractivity contribution in [2.45, 2.75) is 26.8 Å². The fraction of sp³-hybridized carbons (Fsp3) is 0.533. The molecule has 6 heteroatoms. The van der Waals surface area contributed by atoms with Crippen LogP contribution in [0.2, 0.25) is 10.0 Å². The molecule has 0 fully saturated rings. The van der Waals surface area contributed by atoms with Crippen molar-refractivity contribution in [1.29, 1.82) is 0 Å². The van der Waals surface area contributed by atoms with Gasteiger partial charge in [0.2, 0.25) is 0 Å². The second-order valence-corrected chi connectivity index (χ2v) is 6.74. The van der Waals surface area contributed by atoms with Gasteiger partial charge in [-0.15, -0.1) is 0 Å². The van der Waals surface area contributed by atoms with Crippen LogP contribution in [0.3, 0.4) is 0 Å². The lowest BCUT2D eigenvalue weighted by Gasteiger charge is -2.21. The first-order valence-corrected chi connectivity index (χ1v) is 7.50. The van der Waals surface area contributed by atoms with E-state index in [1.165, 1.54) is 0 Å². The molecule has 0 heterocycles. The molecule has 0 bridgehead atoms. The van der Waals surface area contributed by atoms with Crippen molar-refractivity contribution in [3.63, 3.8) is 0 Å². The van der Waals surface area contributed by atoms with Crippen molar-refractivity contribution in [1.82, 2.24) is 5.32 Å². The Hall–Kier alpha value is -0.970. The van der Waals surface area contributed by atoms with E-state index in [0.29, 0.717) is 29.6 Å². The number of halogens is 2. The summed E-state index contributed by atoms with van der Waals surface area (Å²) in [6.45, 7) is 4.61. The molecule has 0 radical (unpaired) electrons. The summed E-state index contributed by atoms with van der Waals surface area (Å²) in [5.74, 6) is -0.789. The van der Waals surface area contributed by atoms with Crippen molar-refractivity contribution in [2.24, 2.45) is 5.41 Å². The first kappa shape index (κ1) is 18.1. The van der Waals surface area contributed by atoms with Gasteiger partial charge in [-0.05, 0) is 38.9 Å². The number of hydrogen-bond acceptors (Lipinski definition) is 3. The number of carboxylic acid groups (broad SMARTS) is 1. The molecule has 0 amide bonds. The minimum Gasteiger partial charge on any atom is -0.481 e. The van der Waals surface area contributed by atoms with Gasteiger partial charge in [-0.1, -0.05) is 23.2 Å². The maximum absolute atomic E-state index is 11.1. The highest BCUT2D eigenvalue weighted by molar-refractivity contribution is 6.35. The molecule has 0 aromatic heterocycles. The second-order valence-electron chi connectivity index (χ2n) is 5.90. The fourth-order valence-electron chi connectivity index (χ4n) is 1.89. The van der Waals surface area contributed by atoms with Gasteiger partial charge in [0.05, 0.1) is 5.41 Å². The van der Waals surface area contributed by atoms with E-state index in [1.807, 2.05) is 25.1 Å². The van der Waals surface area contributed by atoms with Crippen LogP contribution in [0, 0.1) is 5.41 Å². The van der Waals surface area contributed by atoms with E-state index in [9.17, 15) is 4.79 Å². The lowest BCUT2D eigenvalue weighted by Crippen LogP contribution is -2.29. The monoisotopic (exact) mass is 332 g/mol. The summed E-state index contributed by atoms with van der Waals surface area (Å²) in [6.07, 6.45) is 0.546. The van der Waals surface area contributed by atoms with E-state index in [0.717, 1.165) is 11.3 Å². The van der Waals surface area contributed by atoms with Crippen LogP contribution in [0.15, 0.2) is 12.1 Å². The van der Waals surface area contributed by atoms with Crippen LogP contribution in [0.25, 0.3) is 0 Å². The average Bonchev–Trinajstić information content (AvgIpc) is 2.35. The number of aliphatic carboxylic acids is 1. The third-order valence-corrected chi connectivity index (χ3v) is 3.98. The topological polar surface area (TPSA) is 52.6 Å². The van der Waals surface area contributed by atoms with Gasteiger partial charge >= 0.3 is 5.97 Å². The summed E-state index contributed by atoms with van der Waals surface area (Å²) < 4.78 is 0. The van der Waals surface area contributed by atoms with E-state index < -0.39 is 11.4 Å². The molecule has 0 unspecified atom stereocenters. The Balaban J connectivity index is 2.70. The van der Waals surface area contributed by atoms with Crippen LogP contribution in [-0.4, -0.2) is 31.7 Å². The van der Waals surface area contributed by atoms with Crippen molar-refractivity contribution < 1.29 is 9.90 Å². The molecule has 0 atom stereocenters. The van der Waals surface area contributed by atoms with E-state index in [2.05, 4.69) is 5.32 Å². The normalized spacial score (nSPS) is 11.5. The van der Waals surface area contributed by atoms with Gasteiger partial charge in [-0.25, -0.2) is 0 Å². The molecule has 2 N–H and O–H groups in total. The van der Waals surface area contributed by atoms with Crippen LogP contribution in [0.4, 0.5) is 5.69 Å². The number of nitrogens with one attached hydrogen (secondary N) is 1. The predicted octanol–water partition coefficient (Wildman–Crippen LogP) is 3.65. The Kier molecular flexibility index (Phi) is 6.32. The van der Waals surface area contributed by atoms with Crippen LogP contribution in [0.5, 0.6) is 0 Å². The third-order valence-electron chi connectivity index (χ3n) is 3.43. The summed E-state index contributed by atoms with van der Waals surface area (Å²) in [4.78, 5) is 13.0. The standard InChI is InChI=1S/C15H22Cl2N2O2/c1-15(2,14(20)21)5-6-18-9-11-12(17)7-10(16)8-13(11)19(3)4/h7-8,18H,5-6,9H2,1-4H3,(H,20,21). The van der Waals surface area contributed by atoms with Crippen molar-refractivity contribution in [3.8, 4) is 0 Å². The second kappa shape index (κ2) is 7.34. The zero-order chi connectivity index (χ0) is 16.2. The molecule has 0 aliphatic carbocycles. The molecule has 4 nitrogen and oxygen atoms in total. The lowest BCUT2D eigenvalue weighted by molar-refractivity contribution is -0.147. The van der Waals surface area contributed by atoms with E-state index in [4.69, 9.17) is 28.3 Å². The molecule has 0 aliphatic heterocycles. The Morgan fingerprint density at radius 1 is 1.33 bits per heavy atom. The van der Waals surface area contributed by atoms with Gasteiger partial charge in [0.25, 0.3) is 0 Å². The highest BCUT2D eigenvalue weighted by Gasteiger charge is 2.26. The molecular formula is C15H22Cl2N2O2. The molecule has 1 rings (SSSR count). The molecule has 21 heavy (non-hydrogen) atoms. The number of carboxylic acids is 1. The van der Waals surface area contributed by atoms with E-state index in [1.54, 1.807) is 19.9 Å². The van der Waals surface area contributed by atoms with Crippen LogP contribution < -0.4 is 10.2 Å². The summed E-state index contributed by atoms with van der Waals surface area (Å²) in [5.41, 5.74) is 1.18. The zero-order valence-electron chi connectivity index (χ0n) is 12.8. The van der Waals surface area contributed by atoms with Crippen molar-refractivity contribution in [3.05, 3.63) is 27.7 Å². The number of carbonyl (C=O) groups is 1. The molecule has 0 saturated carbocycles. The Morgan fingerprint density at radius 2 is 1.95 bits per heavy atom. The Bertz CT molecular complexity index is 517. The van der Waals surface area contributed by atoms with Crippen molar-refractivity contribution >= 4 is 34.9 Å². The molecule has 0 spiro atoms. The number of nitrogens with zero attached hydrogens (tertiary/aromatic N) is 1. The van der Waals surface area contributed by atoms with Crippen molar-refractivity contribution in [2.75, 3.05) is 25.5 Å². The van der Waals surface area contributed by atoms with Gasteiger partial charge in [0, 0.05) is 41.9 Å². The minimum atomic E-state index is -0.789. The average molecular weight is 333 g/mol. The predicted molar refractivity (Wildman–Crippen MR) is 88.5 cm³/mol. The zero-order valence-corrected chi connectivity index (χ0v) is 14.3. The molecule has 0 aliphatic rings. The smallest absolute Gasteiger partial charge is 0.309 e. The summed E-state index contributed by atoms with van der Waals surface area (Å²) >= 11 is 12.3. The fourth-order valence-corrected chi connectivity index (χ4v) is 2.43. The maximum atomic E-state index is 11.1. The van der Waals surface area contributed by atoms with Crippen LogP contribution in [0.1, 0.15) is 25.8 Å². The van der Waals surface area contributed by atoms with Crippen LogP contribution >= 0.6 is 23.2 Å². The van der Waals surface area contributed by atoms with Gasteiger partial charge in [0.15, 0.2) is 0 Å². The maximum Gasteiger partial charge on any atom is 0.309 e. The molecular weight excluding hydrogens is 311 g/mol. The summed E-state index contributed by atoms with van der Waals surface area (Å²) in [6, 6.07) is 3.58. The quantitative estimate of drug-likeness (QED) is 0.748. The van der Waals surface area contributed by atoms with Gasteiger partial charge < -0.3 is 15.3 Å². The third kappa shape index (κ3) is 5.06. The van der Waals surface area contributed by atoms with E-state index in [-0.39, 0.29) is 0 Å². The minimum absolute atomic E-state index is 0.546. The number of benzene rings is 1. The first-order chi connectivity index (χ1) is 9.65. The van der Waals surface area contributed by atoms with E-state index >= 15 is 0 Å². The largest absolute Gasteiger partial charge is 0.481 e.